The molecule has 3 rings (SSSR count). The van der Waals surface area contributed by atoms with Crippen molar-refractivity contribution in [2.45, 2.75) is 90.6 Å². The van der Waals surface area contributed by atoms with Gasteiger partial charge in [-0.05, 0) is 38.5 Å². The third-order valence-electron chi connectivity index (χ3n) is 6.22. The summed E-state index contributed by atoms with van der Waals surface area (Å²) < 4.78 is 11.2. The summed E-state index contributed by atoms with van der Waals surface area (Å²) in [4.78, 5) is 23.1. The maximum Gasteiger partial charge on any atom is 0.320 e. The minimum absolute atomic E-state index is 0.0270. The number of aromatic nitrogens is 2. The molecule has 7 heteroatoms. The fraction of sp³-hybridized carbons (Fsp3) is 0.783. The van der Waals surface area contributed by atoms with Crippen LogP contribution < -0.4 is 15.4 Å². The molecule has 1 aromatic rings. The van der Waals surface area contributed by atoms with E-state index in [-0.39, 0.29) is 24.4 Å². The quantitative estimate of drug-likeness (QED) is 0.510. The van der Waals surface area contributed by atoms with Crippen molar-refractivity contribution in [2.24, 2.45) is 5.92 Å². The van der Waals surface area contributed by atoms with Crippen LogP contribution in [0.1, 0.15) is 83.6 Å². The summed E-state index contributed by atoms with van der Waals surface area (Å²) in [6, 6.07) is 0.278. The number of hydrogen-bond acceptors (Lipinski definition) is 6. The van der Waals surface area contributed by atoms with Crippen molar-refractivity contribution in [3.05, 3.63) is 5.56 Å². The second kappa shape index (κ2) is 11.5. The molecule has 168 valence electrons. The van der Waals surface area contributed by atoms with Crippen molar-refractivity contribution in [2.75, 3.05) is 30.4 Å². The molecule has 1 atom stereocenters. The highest BCUT2D eigenvalue weighted by atomic mass is 16.5. The van der Waals surface area contributed by atoms with Gasteiger partial charge in [0.2, 0.25) is 5.91 Å². The molecular formula is C23H38N4O3. The number of fused-ring (bicyclic) bond motifs is 1. The zero-order valence-electron chi connectivity index (χ0n) is 18.7. The summed E-state index contributed by atoms with van der Waals surface area (Å²) in [5.41, 5.74) is 6.84. The summed E-state index contributed by atoms with van der Waals surface area (Å²) in [7, 11) is 0. The first-order valence-corrected chi connectivity index (χ1v) is 11.8. The summed E-state index contributed by atoms with van der Waals surface area (Å²) >= 11 is 0. The van der Waals surface area contributed by atoms with Crippen LogP contribution in [-0.2, 0) is 16.0 Å². The molecular weight excluding hydrogens is 380 g/mol. The van der Waals surface area contributed by atoms with Crippen LogP contribution in [0.15, 0.2) is 0 Å². The number of ether oxygens (including phenoxy) is 2. The average molecular weight is 419 g/mol. The molecule has 0 aromatic carbocycles. The molecule has 2 aliphatic heterocycles. The van der Waals surface area contributed by atoms with E-state index < -0.39 is 0 Å². The van der Waals surface area contributed by atoms with E-state index in [4.69, 9.17) is 15.2 Å². The molecule has 0 unspecified atom stereocenters. The van der Waals surface area contributed by atoms with Crippen molar-refractivity contribution < 1.29 is 14.3 Å². The number of nitrogens with zero attached hydrogens (tertiary/aromatic N) is 3. The van der Waals surface area contributed by atoms with Gasteiger partial charge in [0, 0.05) is 25.3 Å². The van der Waals surface area contributed by atoms with Gasteiger partial charge >= 0.3 is 6.01 Å². The standard InChI is InChI=1S/C23H38N4O3/c1-3-9-17(2)30-23-25-21(24)19-16-20(28)27(22(19)26-23)13-8-6-4-5-7-10-18-11-14-29-15-12-18/h17-18H,3-16H2,1-2H3,(H2,24,25,26)/t17-/m0/s1. The van der Waals surface area contributed by atoms with Gasteiger partial charge in [0.1, 0.15) is 11.6 Å². The maximum absolute atomic E-state index is 12.5. The molecule has 0 bridgehead atoms. The summed E-state index contributed by atoms with van der Waals surface area (Å²) in [5, 5.41) is 0. The van der Waals surface area contributed by atoms with Crippen LogP contribution in [0.5, 0.6) is 6.01 Å². The van der Waals surface area contributed by atoms with Gasteiger partial charge in [0.25, 0.3) is 0 Å². The Morgan fingerprint density at radius 1 is 1.17 bits per heavy atom. The monoisotopic (exact) mass is 418 g/mol. The number of nitrogens with two attached hydrogens (primary N) is 1. The molecule has 30 heavy (non-hydrogen) atoms. The molecule has 1 saturated heterocycles. The van der Waals surface area contributed by atoms with E-state index in [2.05, 4.69) is 16.9 Å². The Bertz CT molecular complexity index is 691. The largest absolute Gasteiger partial charge is 0.460 e. The lowest BCUT2D eigenvalue weighted by atomic mass is 9.93. The summed E-state index contributed by atoms with van der Waals surface area (Å²) in [5.74, 6) is 1.93. The van der Waals surface area contributed by atoms with Crippen LogP contribution >= 0.6 is 0 Å². The highest BCUT2D eigenvalue weighted by molar-refractivity contribution is 6.01. The molecule has 1 amide bonds. The van der Waals surface area contributed by atoms with E-state index >= 15 is 0 Å². The molecule has 3 heterocycles. The van der Waals surface area contributed by atoms with E-state index in [1.165, 1.54) is 38.5 Å². The van der Waals surface area contributed by atoms with E-state index in [0.717, 1.165) is 50.4 Å². The number of carbonyl (C=O) groups excluding carboxylic acids is 1. The molecule has 0 radical (unpaired) electrons. The molecule has 7 nitrogen and oxygen atoms in total. The Balaban J connectivity index is 1.43. The first kappa shape index (κ1) is 22.8. The van der Waals surface area contributed by atoms with Crippen molar-refractivity contribution in [1.82, 2.24) is 9.97 Å². The predicted molar refractivity (Wildman–Crippen MR) is 119 cm³/mol. The SMILES string of the molecule is CCC[C@H](C)Oc1nc(N)c2c(n1)N(CCCCCCCC1CCOCC1)C(=O)C2. The Labute approximate surface area is 180 Å². The predicted octanol–water partition coefficient (Wildman–Crippen LogP) is 4.28. The third kappa shape index (κ3) is 6.30. The maximum atomic E-state index is 12.5. The number of amides is 1. The lowest BCUT2D eigenvalue weighted by Gasteiger charge is -2.21. The van der Waals surface area contributed by atoms with Gasteiger partial charge in [0.05, 0.1) is 12.5 Å². The van der Waals surface area contributed by atoms with Gasteiger partial charge in [0.15, 0.2) is 0 Å². The molecule has 2 aliphatic rings. The fourth-order valence-corrected chi connectivity index (χ4v) is 4.42. The van der Waals surface area contributed by atoms with Crippen molar-refractivity contribution >= 4 is 17.5 Å². The highest BCUT2D eigenvalue weighted by Crippen LogP contribution is 2.32. The fourth-order valence-electron chi connectivity index (χ4n) is 4.42. The van der Waals surface area contributed by atoms with E-state index in [9.17, 15) is 4.79 Å². The molecule has 0 spiro atoms. The van der Waals surface area contributed by atoms with Crippen molar-refractivity contribution in [3.63, 3.8) is 0 Å². The van der Waals surface area contributed by atoms with E-state index in [1.807, 2.05) is 6.92 Å². The minimum Gasteiger partial charge on any atom is -0.460 e. The zero-order valence-corrected chi connectivity index (χ0v) is 18.7. The average Bonchev–Trinajstić information content (AvgIpc) is 3.04. The number of rotatable bonds is 12. The first-order valence-electron chi connectivity index (χ1n) is 11.8. The third-order valence-corrected chi connectivity index (χ3v) is 6.22. The van der Waals surface area contributed by atoms with Gasteiger partial charge in [-0.15, -0.1) is 0 Å². The van der Waals surface area contributed by atoms with Crippen LogP contribution in [0.3, 0.4) is 0 Å². The van der Waals surface area contributed by atoms with Gasteiger partial charge < -0.3 is 15.2 Å². The van der Waals surface area contributed by atoms with Crippen molar-refractivity contribution in [1.29, 1.82) is 0 Å². The molecule has 2 N–H and O–H groups in total. The van der Waals surface area contributed by atoms with Crippen LogP contribution in [0.4, 0.5) is 11.6 Å². The van der Waals surface area contributed by atoms with Crippen LogP contribution in [0.25, 0.3) is 0 Å². The van der Waals surface area contributed by atoms with Crippen LogP contribution in [-0.4, -0.2) is 41.7 Å². The molecule has 0 aliphatic carbocycles. The Kier molecular flexibility index (Phi) is 8.73. The van der Waals surface area contributed by atoms with Crippen molar-refractivity contribution in [3.8, 4) is 6.01 Å². The highest BCUT2D eigenvalue weighted by Gasteiger charge is 2.32. The van der Waals surface area contributed by atoms with Gasteiger partial charge in [-0.1, -0.05) is 45.4 Å². The van der Waals surface area contributed by atoms with E-state index in [1.54, 1.807) is 4.90 Å². The summed E-state index contributed by atoms with van der Waals surface area (Å²) in [6.07, 6.45) is 12.0. The smallest absolute Gasteiger partial charge is 0.320 e. The second-order valence-electron chi connectivity index (χ2n) is 8.75. The number of anilines is 2. The van der Waals surface area contributed by atoms with Gasteiger partial charge in [-0.2, -0.15) is 9.97 Å². The number of hydrogen-bond donors (Lipinski definition) is 1. The number of unbranched alkanes of at least 4 members (excludes halogenated alkanes) is 4. The van der Waals surface area contributed by atoms with Gasteiger partial charge in [-0.25, -0.2) is 0 Å². The van der Waals surface area contributed by atoms with Crippen LogP contribution in [0.2, 0.25) is 0 Å². The Hall–Kier alpha value is -1.89. The Morgan fingerprint density at radius 2 is 1.90 bits per heavy atom. The number of carbonyl (C=O) groups is 1. The molecule has 0 saturated carbocycles. The second-order valence-corrected chi connectivity index (χ2v) is 8.75. The van der Waals surface area contributed by atoms with Crippen LogP contribution in [0, 0.1) is 5.92 Å². The van der Waals surface area contributed by atoms with Gasteiger partial charge in [-0.3, -0.25) is 9.69 Å². The molecule has 1 aromatic heterocycles. The first-order chi connectivity index (χ1) is 14.6. The lowest BCUT2D eigenvalue weighted by Crippen LogP contribution is -2.28. The zero-order chi connectivity index (χ0) is 21.3. The lowest BCUT2D eigenvalue weighted by molar-refractivity contribution is -0.117. The summed E-state index contributed by atoms with van der Waals surface area (Å²) in [6.45, 7) is 6.68. The minimum atomic E-state index is 0.0270. The topological polar surface area (TPSA) is 90.6 Å². The Morgan fingerprint density at radius 3 is 2.67 bits per heavy atom. The normalized spacial score (nSPS) is 17.9. The number of nitrogen functional groups attached to an aromatic ring is 1. The molecule has 1 fully saturated rings. The van der Waals surface area contributed by atoms with E-state index in [0.29, 0.717) is 18.2 Å².